The zero-order valence-corrected chi connectivity index (χ0v) is 13.7. The van der Waals surface area contributed by atoms with Crippen molar-refractivity contribution >= 4 is 22.7 Å². The van der Waals surface area contributed by atoms with Gasteiger partial charge in [0.25, 0.3) is 0 Å². The van der Waals surface area contributed by atoms with Crippen LogP contribution in [0.15, 0.2) is 24.3 Å². The van der Waals surface area contributed by atoms with Crippen molar-refractivity contribution in [3.05, 3.63) is 35.4 Å². The van der Waals surface area contributed by atoms with Crippen LogP contribution < -0.4 is 4.72 Å². The van der Waals surface area contributed by atoms with Crippen LogP contribution in [0.2, 0.25) is 0 Å². The monoisotopic (exact) mass is 311 g/mol. The molecule has 0 spiro atoms. The topological polar surface area (TPSA) is 72.5 Å². The minimum atomic E-state index is -1.44. The van der Waals surface area contributed by atoms with Gasteiger partial charge in [-0.25, -0.2) is 13.7 Å². The Hall–Kier alpha value is -1.53. The van der Waals surface area contributed by atoms with E-state index in [-0.39, 0.29) is 5.78 Å². The standard InChI is InChI=1S/C15H21NO4S/c1-10(17)11-7-6-8-12(9-11)13(14(18)20-5)16-21(19)15(2,3)4/h6-9,13,16H,1-5H3/t13-,21-/m1/s1. The molecule has 0 saturated heterocycles. The van der Waals surface area contributed by atoms with Crippen molar-refractivity contribution in [1.29, 1.82) is 0 Å². The molecule has 0 unspecified atom stereocenters. The second-order valence-corrected chi connectivity index (χ2v) is 7.63. The lowest BCUT2D eigenvalue weighted by atomic mass is 10.0. The Balaban J connectivity index is 3.14. The van der Waals surface area contributed by atoms with Crippen molar-refractivity contribution in [2.24, 2.45) is 0 Å². The highest BCUT2D eigenvalue weighted by Gasteiger charge is 2.28. The molecule has 1 rings (SSSR count). The fourth-order valence-electron chi connectivity index (χ4n) is 1.59. The van der Waals surface area contributed by atoms with Gasteiger partial charge in [0.15, 0.2) is 5.78 Å². The number of esters is 1. The average Bonchev–Trinajstić information content (AvgIpc) is 2.42. The first-order valence-corrected chi connectivity index (χ1v) is 7.68. The van der Waals surface area contributed by atoms with E-state index in [1.54, 1.807) is 45.0 Å². The summed E-state index contributed by atoms with van der Waals surface area (Å²) in [6.07, 6.45) is 0. The number of rotatable bonds is 5. The van der Waals surface area contributed by atoms with E-state index in [1.165, 1.54) is 14.0 Å². The lowest BCUT2D eigenvalue weighted by Gasteiger charge is -2.23. The molecule has 0 fully saturated rings. The molecule has 0 bridgehead atoms. The van der Waals surface area contributed by atoms with Crippen molar-refractivity contribution in [2.45, 2.75) is 38.5 Å². The summed E-state index contributed by atoms with van der Waals surface area (Å²) in [6.45, 7) is 6.86. The van der Waals surface area contributed by atoms with Gasteiger partial charge in [0, 0.05) is 5.56 Å². The zero-order chi connectivity index (χ0) is 16.2. The van der Waals surface area contributed by atoms with Crippen molar-refractivity contribution in [3.63, 3.8) is 0 Å². The third kappa shape index (κ3) is 4.75. The van der Waals surface area contributed by atoms with Crippen molar-refractivity contribution < 1.29 is 18.5 Å². The van der Waals surface area contributed by atoms with Gasteiger partial charge in [-0.3, -0.25) is 4.79 Å². The van der Waals surface area contributed by atoms with E-state index < -0.39 is 27.7 Å². The second-order valence-electron chi connectivity index (χ2n) is 5.64. The summed E-state index contributed by atoms with van der Waals surface area (Å²) in [5.41, 5.74) is 1.04. The van der Waals surface area contributed by atoms with Gasteiger partial charge in [-0.2, -0.15) is 0 Å². The van der Waals surface area contributed by atoms with Gasteiger partial charge in [0.1, 0.15) is 6.04 Å². The van der Waals surface area contributed by atoms with Gasteiger partial charge in [0.05, 0.1) is 22.8 Å². The van der Waals surface area contributed by atoms with Crippen molar-refractivity contribution in [3.8, 4) is 0 Å². The summed E-state index contributed by atoms with van der Waals surface area (Å²) in [5, 5.41) is 0. The number of carbonyl (C=O) groups excluding carboxylic acids is 2. The van der Waals surface area contributed by atoms with Crippen LogP contribution in [-0.4, -0.2) is 27.8 Å². The number of ketones is 1. The summed E-state index contributed by atoms with van der Waals surface area (Å²) < 4.78 is 19.2. The quantitative estimate of drug-likeness (QED) is 0.668. The lowest BCUT2D eigenvalue weighted by molar-refractivity contribution is -0.142. The molecule has 0 radical (unpaired) electrons. The fraction of sp³-hybridized carbons (Fsp3) is 0.467. The van der Waals surface area contributed by atoms with Crippen LogP contribution in [0.5, 0.6) is 0 Å². The van der Waals surface area contributed by atoms with Crippen LogP contribution in [-0.2, 0) is 20.5 Å². The number of ether oxygens (including phenoxy) is 1. The highest BCUT2D eigenvalue weighted by Crippen LogP contribution is 2.20. The summed E-state index contributed by atoms with van der Waals surface area (Å²) in [6, 6.07) is 5.77. The Morgan fingerprint density at radius 1 is 1.29 bits per heavy atom. The number of carbonyl (C=O) groups is 2. The first kappa shape index (κ1) is 17.5. The summed E-state index contributed by atoms with van der Waals surface area (Å²) in [7, 11) is -0.173. The van der Waals surface area contributed by atoms with Gasteiger partial charge in [-0.1, -0.05) is 18.2 Å². The Labute approximate surface area is 127 Å². The third-order valence-corrected chi connectivity index (χ3v) is 4.41. The van der Waals surface area contributed by atoms with Crippen LogP contribution in [0.1, 0.15) is 49.7 Å². The molecule has 1 N–H and O–H groups in total. The number of hydrogen-bond acceptors (Lipinski definition) is 4. The zero-order valence-electron chi connectivity index (χ0n) is 12.9. The predicted molar refractivity (Wildman–Crippen MR) is 82.2 cm³/mol. The van der Waals surface area contributed by atoms with Crippen molar-refractivity contribution in [2.75, 3.05) is 7.11 Å². The lowest BCUT2D eigenvalue weighted by Crippen LogP contribution is -2.39. The Bertz CT molecular complexity index is 563. The van der Waals surface area contributed by atoms with E-state index in [1.807, 2.05) is 0 Å². The maximum Gasteiger partial charge on any atom is 0.328 e. The molecule has 0 aromatic heterocycles. The van der Waals surface area contributed by atoms with Gasteiger partial charge >= 0.3 is 5.97 Å². The molecule has 1 aromatic rings. The molecule has 6 heteroatoms. The Morgan fingerprint density at radius 2 is 1.90 bits per heavy atom. The molecular weight excluding hydrogens is 290 g/mol. The van der Waals surface area contributed by atoms with Crippen LogP contribution in [0.25, 0.3) is 0 Å². The summed E-state index contributed by atoms with van der Waals surface area (Å²) in [4.78, 5) is 23.4. The number of benzene rings is 1. The van der Waals surface area contributed by atoms with E-state index in [2.05, 4.69) is 4.72 Å². The van der Waals surface area contributed by atoms with E-state index in [9.17, 15) is 13.8 Å². The normalized spacial score (nSPS) is 14.3. The van der Waals surface area contributed by atoms with Crippen LogP contribution in [0.3, 0.4) is 0 Å². The van der Waals surface area contributed by atoms with Gasteiger partial charge in [-0.15, -0.1) is 0 Å². The molecule has 0 aliphatic rings. The molecule has 21 heavy (non-hydrogen) atoms. The largest absolute Gasteiger partial charge is 0.468 e. The molecule has 2 atom stereocenters. The van der Waals surface area contributed by atoms with Gasteiger partial charge in [0.2, 0.25) is 0 Å². The maximum atomic E-state index is 12.2. The van der Waals surface area contributed by atoms with E-state index in [4.69, 9.17) is 4.74 Å². The molecule has 5 nitrogen and oxygen atoms in total. The molecule has 0 saturated carbocycles. The second kappa shape index (κ2) is 6.95. The number of nitrogens with one attached hydrogen (secondary N) is 1. The molecule has 1 aromatic carbocycles. The third-order valence-electron chi connectivity index (χ3n) is 2.84. The highest BCUT2D eigenvalue weighted by atomic mass is 32.2. The van der Waals surface area contributed by atoms with E-state index >= 15 is 0 Å². The molecule has 0 aliphatic carbocycles. The SMILES string of the molecule is COC(=O)[C@H](N[S@](=O)C(C)(C)C)c1cccc(C(C)=O)c1. The molecule has 0 aliphatic heterocycles. The van der Waals surface area contributed by atoms with Gasteiger partial charge < -0.3 is 4.74 Å². The molecule has 0 amide bonds. The Kier molecular flexibility index (Phi) is 5.80. The maximum absolute atomic E-state index is 12.2. The number of methoxy groups -OCH3 is 1. The molecule has 0 heterocycles. The average molecular weight is 311 g/mol. The van der Waals surface area contributed by atoms with Crippen molar-refractivity contribution in [1.82, 2.24) is 4.72 Å². The van der Waals surface area contributed by atoms with Gasteiger partial charge in [-0.05, 0) is 39.3 Å². The molecule has 116 valence electrons. The predicted octanol–water partition coefficient (Wildman–Crippen LogP) is 2.16. The summed E-state index contributed by atoms with van der Waals surface area (Å²) in [5.74, 6) is -0.647. The summed E-state index contributed by atoms with van der Waals surface area (Å²) >= 11 is 0. The Morgan fingerprint density at radius 3 is 2.38 bits per heavy atom. The first-order valence-electron chi connectivity index (χ1n) is 6.53. The molecular formula is C15H21NO4S. The van der Waals surface area contributed by atoms with E-state index in [0.717, 1.165) is 0 Å². The number of hydrogen-bond donors (Lipinski definition) is 1. The van der Waals surface area contributed by atoms with E-state index in [0.29, 0.717) is 11.1 Å². The minimum absolute atomic E-state index is 0.0996. The number of Topliss-reactive ketones (excluding diaryl/α,β-unsaturated/α-hetero) is 1. The minimum Gasteiger partial charge on any atom is -0.468 e. The fourth-order valence-corrected chi connectivity index (χ4v) is 2.39. The first-order chi connectivity index (χ1) is 9.66. The van der Waals surface area contributed by atoms with Crippen LogP contribution in [0.4, 0.5) is 0 Å². The smallest absolute Gasteiger partial charge is 0.328 e. The van der Waals surface area contributed by atoms with Crippen LogP contribution >= 0.6 is 0 Å². The highest BCUT2D eigenvalue weighted by molar-refractivity contribution is 7.84. The van der Waals surface area contributed by atoms with Crippen LogP contribution in [0, 0.1) is 0 Å².